The first-order valence-electron chi connectivity index (χ1n) is 10.7. The lowest BCUT2D eigenvalue weighted by atomic mass is 10.0. The van der Waals surface area contributed by atoms with Crippen molar-refractivity contribution in [2.75, 3.05) is 44.9 Å². The van der Waals surface area contributed by atoms with E-state index in [4.69, 9.17) is 9.47 Å². The molecule has 0 aliphatic carbocycles. The highest BCUT2D eigenvalue weighted by atomic mass is 32.2. The Balaban J connectivity index is 1.67. The van der Waals surface area contributed by atoms with Gasteiger partial charge in [0.25, 0.3) is 5.91 Å². The van der Waals surface area contributed by atoms with Gasteiger partial charge in [0.2, 0.25) is 5.91 Å². The highest BCUT2D eigenvalue weighted by Gasteiger charge is 2.20. The summed E-state index contributed by atoms with van der Waals surface area (Å²) in [6.45, 7) is 7.59. The van der Waals surface area contributed by atoms with Crippen LogP contribution in [0.3, 0.4) is 0 Å². The molecule has 2 amide bonds. The van der Waals surface area contributed by atoms with Crippen LogP contribution >= 0.6 is 23.1 Å². The molecular weight excluding hydrogens is 434 g/mol. The number of methoxy groups -OCH3 is 1. The van der Waals surface area contributed by atoms with E-state index >= 15 is 0 Å². The summed E-state index contributed by atoms with van der Waals surface area (Å²) < 4.78 is 13.8. The van der Waals surface area contributed by atoms with Gasteiger partial charge in [0.1, 0.15) is 5.75 Å². The van der Waals surface area contributed by atoms with E-state index in [0.29, 0.717) is 36.2 Å². The van der Waals surface area contributed by atoms with Crippen LogP contribution in [0.1, 0.15) is 26.7 Å². The summed E-state index contributed by atoms with van der Waals surface area (Å²) in [5.41, 5.74) is 0.999. The number of rotatable bonds is 9. The summed E-state index contributed by atoms with van der Waals surface area (Å²) in [5, 5.41) is 0. The second kappa shape index (κ2) is 11.7. The molecule has 9 heteroatoms. The molecule has 1 saturated heterocycles. The molecule has 1 aromatic carbocycles. The molecule has 0 N–H and O–H groups in total. The summed E-state index contributed by atoms with van der Waals surface area (Å²) in [6, 6.07) is 5.83. The van der Waals surface area contributed by atoms with Gasteiger partial charge in [-0.2, -0.15) is 4.99 Å². The number of hydrogen-bond acceptors (Lipinski definition) is 6. The fraction of sp³-hybridized carbons (Fsp3) is 0.591. The molecule has 1 fully saturated rings. The van der Waals surface area contributed by atoms with E-state index in [0.717, 1.165) is 35.5 Å². The molecule has 170 valence electrons. The Hall–Kier alpha value is -1.84. The summed E-state index contributed by atoms with van der Waals surface area (Å²) >= 11 is 2.80. The van der Waals surface area contributed by atoms with Crippen molar-refractivity contribution in [3.8, 4) is 5.75 Å². The Kier molecular flexibility index (Phi) is 8.98. The largest absolute Gasteiger partial charge is 0.497 e. The molecule has 1 atom stereocenters. The summed E-state index contributed by atoms with van der Waals surface area (Å²) in [4.78, 5) is 31.8. The average molecular weight is 466 g/mol. The van der Waals surface area contributed by atoms with Gasteiger partial charge in [-0.3, -0.25) is 9.59 Å². The second-order valence-electron chi connectivity index (χ2n) is 7.65. The Bertz CT molecular complexity index is 969. The molecule has 2 heterocycles. The van der Waals surface area contributed by atoms with Crippen LogP contribution in [0.25, 0.3) is 10.2 Å². The number of likely N-dealkylation sites (tertiary alicyclic amines) is 1. The molecule has 0 radical (unpaired) electrons. The molecule has 2 aromatic rings. The van der Waals surface area contributed by atoms with E-state index in [2.05, 4.69) is 11.9 Å². The van der Waals surface area contributed by atoms with Gasteiger partial charge in [-0.05, 0) is 43.9 Å². The smallest absolute Gasteiger partial charge is 0.258 e. The quantitative estimate of drug-likeness (QED) is 0.532. The minimum absolute atomic E-state index is 0.116. The van der Waals surface area contributed by atoms with Crippen molar-refractivity contribution >= 4 is 45.1 Å². The van der Waals surface area contributed by atoms with Crippen molar-refractivity contribution in [1.82, 2.24) is 9.47 Å². The summed E-state index contributed by atoms with van der Waals surface area (Å²) in [7, 11) is 1.63. The number of thiazole rings is 1. The third-order valence-electron chi connectivity index (χ3n) is 5.23. The first kappa shape index (κ1) is 23.8. The van der Waals surface area contributed by atoms with E-state index in [1.165, 1.54) is 29.5 Å². The predicted molar refractivity (Wildman–Crippen MR) is 126 cm³/mol. The fourth-order valence-corrected chi connectivity index (χ4v) is 5.45. The zero-order chi connectivity index (χ0) is 22.2. The van der Waals surface area contributed by atoms with E-state index in [9.17, 15) is 9.59 Å². The first-order chi connectivity index (χ1) is 15.0. The number of fused-ring (bicyclic) bond motifs is 1. The maximum Gasteiger partial charge on any atom is 0.258 e. The molecule has 31 heavy (non-hydrogen) atoms. The van der Waals surface area contributed by atoms with Gasteiger partial charge in [-0.15, -0.1) is 11.8 Å². The third-order valence-corrected chi connectivity index (χ3v) is 7.18. The van der Waals surface area contributed by atoms with Crippen molar-refractivity contribution in [2.24, 2.45) is 10.9 Å². The number of ether oxygens (including phenoxy) is 2. The number of carbonyl (C=O) groups is 2. The molecule has 1 aliphatic rings. The normalized spacial score (nSPS) is 17.3. The van der Waals surface area contributed by atoms with E-state index in [1.807, 2.05) is 34.6 Å². The van der Waals surface area contributed by atoms with Gasteiger partial charge in [0.15, 0.2) is 4.80 Å². The van der Waals surface area contributed by atoms with Crippen LogP contribution in [0.2, 0.25) is 0 Å². The standard InChI is InChI=1S/C22H31N3O4S2/c1-4-29-11-10-25-18-8-7-17(28-3)12-19(18)31-22(25)23-20(26)14-30-15-21(27)24-9-5-6-16(2)13-24/h7-8,12,16H,4-6,9-11,13-15H2,1-3H3. The highest BCUT2D eigenvalue weighted by Crippen LogP contribution is 2.23. The van der Waals surface area contributed by atoms with Gasteiger partial charge >= 0.3 is 0 Å². The van der Waals surface area contributed by atoms with Crippen LogP contribution < -0.4 is 9.54 Å². The van der Waals surface area contributed by atoms with Crippen molar-refractivity contribution in [3.05, 3.63) is 23.0 Å². The minimum atomic E-state index is -0.228. The number of carbonyl (C=O) groups excluding carboxylic acids is 2. The molecular formula is C22H31N3O4S2. The maximum atomic E-state index is 12.5. The molecule has 1 unspecified atom stereocenters. The summed E-state index contributed by atoms with van der Waals surface area (Å²) in [5.74, 6) is 1.72. The predicted octanol–water partition coefficient (Wildman–Crippen LogP) is 3.17. The number of piperidine rings is 1. The van der Waals surface area contributed by atoms with Gasteiger partial charge in [-0.25, -0.2) is 0 Å². The number of hydrogen-bond donors (Lipinski definition) is 0. The lowest BCUT2D eigenvalue weighted by Crippen LogP contribution is -2.40. The first-order valence-corrected chi connectivity index (χ1v) is 12.7. The van der Waals surface area contributed by atoms with Gasteiger partial charge in [0.05, 0.1) is 35.4 Å². The van der Waals surface area contributed by atoms with Gasteiger partial charge < -0.3 is 18.9 Å². The van der Waals surface area contributed by atoms with Crippen molar-refractivity contribution in [1.29, 1.82) is 0 Å². The van der Waals surface area contributed by atoms with Crippen LogP contribution in [0.5, 0.6) is 5.75 Å². The van der Waals surface area contributed by atoms with Crippen LogP contribution in [-0.2, 0) is 20.9 Å². The van der Waals surface area contributed by atoms with Crippen LogP contribution in [0, 0.1) is 5.92 Å². The lowest BCUT2D eigenvalue weighted by molar-refractivity contribution is -0.130. The van der Waals surface area contributed by atoms with E-state index in [-0.39, 0.29) is 17.6 Å². The Morgan fingerprint density at radius 2 is 2.16 bits per heavy atom. The molecule has 1 aliphatic heterocycles. The van der Waals surface area contributed by atoms with E-state index < -0.39 is 0 Å². The third kappa shape index (κ3) is 6.57. The minimum Gasteiger partial charge on any atom is -0.497 e. The van der Waals surface area contributed by atoms with Crippen molar-refractivity contribution in [3.63, 3.8) is 0 Å². The van der Waals surface area contributed by atoms with Crippen LogP contribution in [0.15, 0.2) is 23.2 Å². The molecule has 7 nitrogen and oxygen atoms in total. The number of aromatic nitrogens is 1. The monoisotopic (exact) mass is 465 g/mol. The van der Waals surface area contributed by atoms with Crippen LogP contribution in [-0.4, -0.2) is 66.2 Å². The highest BCUT2D eigenvalue weighted by molar-refractivity contribution is 8.00. The fourth-order valence-electron chi connectivity index (χ4n) is 3.65. The number of amides is 2. The topological polar surface area (TPSA) is 73.1 Å². The molecule has 0 saturated carbocycles. The average Bonchev–Trinajstić information content (AvgIpc) is 3.09. The van der Waals surface area contributed by atoms with Gasteiger partial charge in [0, 0.05) is 26.2 Å². The maximum absolute atomic E-state index is 12.5. The number of benzene rings is 1. The zero-order valence-corrected chi connectivity index (χ0v) is 20.1. The number of thioether (sulfide) groups is 1. The van der Waals surface area contributed by atoms with Crippen LogP contribution in [0.4, 0.5) is 0 Å². The molecule has 0 spiro atoms. The zero-order valence-electron chi connectivity index (χ0n) is 18.5. The molecule has 3 rings (SSSR count). The van der Waals surface area contributed by atoms with Gasteiger partial charge in [-0.1, -0.05) is 18.3 Å². The Morgan fingerprint density at radius 1 is 1.32 bits per heavy atom. The van der Waals surface area contributed by atoms with Crippen molar-refractivity contribution < 1.29 is 19.1 Å². The molecule has 0 bridgehead atoms. The molecule has 1 aromatic heterocycles. The lowest BCUT2D eigenvalue weighted by Gasteiger charge is -2.30. The second-order valence-corrected chi connectivity index (χ2v) is 9.65. The van der Waals surface area contributed by atoms with Crippen molar-refractivity contribution in [2.45, 2.75) is 33.2 Å². The Labute approximate surface area is 191 Å². The SMILES string of the molecule is CCOCCn1c(=NC(=O)CSCC(=O)N2CCCC(C)C2)sc2cc(OC)ccc21. The van der Waals surface area contributed by atoms with E-state index in [1.54, 1.807) is 7.11 Å². The number of nitrogens with zero attached hydrogens (tertiary/aromatic N) is 3. The Morgan fingerprint density at radius 3 is 2.90 bits per heavy atom. The summed E-state index contributed by atoms with van der Waals surface area (Å²) in [6.07, 6.45) is 2.24.